The molecule has 1 aliphatic heterocycles. The van der Waals surface area contributed by atoms with Crippen LogP contribution in [0.25, 0.3) is 0 Å². The highest BCUT2D eigenvalue weighted by Crippen LogP contribution is 2.33. The molecule has 4 heteroatoms. The number of anilines is 1. The summed E-state index contributed by atoms with van der Waals surface area (Å²) in [6.45, 7) is 6.71. The smallest absolute Gasteiger partial charge is 0.258 e. The predicted molar refractivity (Wildman–Crippen MR) is 92.1 cm³/mol. The van der Waals surface area contributed by atoms with Crippen molar-refractivity contribution in [2.24, 2.45) is 11.1 Å². The van der Waals surface area contributed by atoms with Gasteiger partial charge in [0.15, 0.2) is 0 Å². The molecule has 1 fully saturated rings. The summed E-state index contributed by atoms with van der Waals surface area (Å²) in [7, 11) is 0. The first-order chi connectivity index (χ1) is 11.0. The minimum Gasteiger partial charge on any atom is -0.304 e. The Labute approximate surface area is 136 Å². The van der Waals surface area contributed by atoms with Crippen molar-refractivity contribution in [2.45, 2.75) is 26.7 Å². The van der Waals surface area contributed by atoms with E-state index in [1.54, 1.807) is 11.0 Å². The van der Waals surface area contributed by atoms with Gasteiger partial charge in [-0.15, -0.1) is 4.91 Å². The molecule has 0 radical (unpaired) electrons. The molecule has 1 saturated heterocycles. The quantitative estimate of drug-likeness (QED) is 0.781. The van der Waals surface area contributed by atoms with Crippen molar-refractivity contribution < 1.29 is 4.79 Å². The fourth-order valence-electron chi connectivity index (χ4n) is 2.97. The normalized spacial score (nSPS) is 20.7. The number of fused-ring (bicyclic) bond motifs is 1. The predicted octanol–water partition coefficient (Wildman–Crippen LogP) is 4.31. The third kappa shape index (κ3) is 2.77. The zero-order valence-corrected chi connectivity index (χ0v) is 13.6. The number of hydrogen-bond donors (Lipinski definition) is 0. The lowest BCUT2D eigenvalue weighted by molar-refractivity contribution is -0.114. The van der Waals surface area contributed by atoms with Gasteiger partial charge in [0, 0.05) is 17.2 Å². The zero-order chi connectivity index (χ0) is 16.6. The Morgan fingerprint density at radius 2 is 1.87 bits per heavy atom. The van der Waals surface area contributed by atoms with Crippen molar-refractivity contribution in [3.05, 3.63) is 69.8 Å². The highest BCUT2D eigenvalue weighted by molar-refractivity contribution is 6.12. The average molecular weight is 308 g/mol. The molecule has 2 aliphatic rings. The third-order valence-electron chi connectivity index (χ3n) is 4.47. The van der Waals surface area contributed by atoms with Crippen molar-refractivity contribution in [3.8, 4) is 0 Å². The Kier molecular flexibility index (Phi) is 3.99. The summed E-state index contributed by atoms with van der Waals surface area (Å²) in [5.41, 5.74) is 4.24. The fourth-order valence-corrected chi connectivity index (χ4v) is 2.97. The van der Waals surface area contributed by atoms with Crippen molar-refractivity contribution >= 4 is 11.6 Å². The van der Waals surface area contributed by atoms with Crippen LogP contribution in [0.5, 0.6) is 0 Å². The summed E-state index contributed by atoms with van der Waals surface area (Å²) in [5.74, 6) is 0.305. The molecule has 1 aliphatic carbocycles. The first-order valence-electron chi connectivity index (χ1n) is 7.89. The van der Waals surface area contributed by atoms with Gasteiger partial charge in [0.1, 0.15) is 0 Å². The number of hydrogen-bond acceptors (Lipinski definition) is 3. The number of nitroso groups, excluding NO2 is 1. The van der Waals surface area contributed by atoms with E-state index in [-0.39, 0.29) is 11.8 Å². The van der Waals surface area contributed by atoms with E-state index < -0.39 is 0 Å². The van der Waals surface area contributed by atoms with Crippen LogP contribution in [0.2, 0.25) is 0 Å². The lowest BCUT2D eigenvalue weighted by Crippen LogP contribution is -2.24. The van der Waals surface area contributed by atoms with E-state index in [4.69, 9.17) is 0 Å². The van der Waals surface area contributed by atoms with Crippen LogP contribution < -0.4 is 4.90 Å². The molecular formula is C19H20N2O2. The minimum atomic E-state index is -0.150. The Morgan fingerprint density at radius 3 is 2.48 bits per heavy atom. The minimum absolute atomic E-state index is 0.0130. The molecule has 0 N–H and O–H groups in total. The first kappa shape index (κ1) is 15.4. The Morgan fingerprint density at radius 1 is 1.17 bits per heavy atom. The van der Waals surface area contributed by atoms with Gasteiger partial charge in [0.25, 0.3) is 5.91 Å². The van der Waals surface area contributed by atoms with Crippen molar-refractivity contribution in [2.75, 3.05) is 11.4 Å². The SMILES string of the molecule is CC1C=C2C(=O)N(c3ccc(C(C)C)cc3)CC2=CC=C1N=O. The maximum Gasteiger partial charge on any atom is 0.258 e. The van der Waals surface area contributed by atoms with Crippen LogP contribution in [-0.4, -0.2) is 12.5 Å². The van der Waals surface area contributed by atoms with E-state index in [9.17, 15) is 9.70 Å². The molecule has 1 aromatic carbocycles. The molecule has 0 saturated carbocycles. The lowest BCUT2D eigenvalue weighted by Gasteiger charge is -2.16. The average Bonchev–Trinajstić information content (AvgIpc) is 2.75. The van der Waals surface area contributed by atoms with E-state index in [2.05, 4.69) is 31.2 Å². The molecule has 4 nitrogen and oxygen atoms in total. The number of carbonyl (C=O) groups excluding carboxylic acids is 1. The van der Waals surface area contributed by atoms with Gasteiger partial charge in [-0.2, -0.15) is 0 Å². The van der Waals surface area contributed by atoms with E-state index in [1.807, 2.05) is 31.2 Å². The number of benzene rings is 1. The van der Waals surface area contributed by atoms with Crippen LogP contribution in [0.1, 0.15) is 32.3 Å². The summed E-state index contributed by atoms with van der Waals surface area (Å²) in [5, 5.41) is 3.04. The molecule has 0 spiro atoms. The highest BCUT2D eigenvalue weighted by Gasteiger charge is 2.32. The summed E-state index contributed by atoms with van der Waals surface area (Å²) in [4.78, 5) is 25.3. The Hall–Kier alpha value is -2.49. The Bertz CT molecular complexity index is 739. The van der Waals surface area contributed by atoms with Gasteiger partial charge < -0.3 is 4.90 Å². The summed E-state index contributed by atoms with van der Waals surface area (Å²) in [6.07, 6.45) is 5.40. The van der Waals surface area contributed by atoms with E-state index >= 15 is 0 Å². The topological polar surface area (TPSA) is 49.7 Å². The molecule has 0 bridgehead atoms. The molecule has 1 atom stereocenters. The van der Waals surface area contributed by atoms with Crippen LogP contribution in [-0.2, 0) is 4.79 Å². The number of carbonyl (C=O) groups is 1. The monoisotopic (exact) mass is 308 g/mol. The third-order valence-corrected chi connectivity index (χ3v) is 4.47. The van der Waals surface area contributed by atoms with Gasteiger partial charge in [0.05, 0.1) is 12.2 Å². The second kappa shape index (κ2) is 5.95. The van der Waals surface area contributed by atoms with Crippen molar-refractivity contribution in [3.63, 3.8) is 0 Å². The second-order valence-electron chi connectivity index (χ2n) is 6.38. The Balaban J connectivity index is 1.92. The van der Waals surface area contributed by atoms with Gasteiger partial charge in [0.2, 0.25) is 0 Å². The van der Waals surface area contributed by atoms with Gasteiger partial charge in [-0.1, -0.05) is 45.1 Å². The van der Waals surface area contributed by atoms with Crippen LogP contribution in [0.4, 0.5) is 5.69 Å². The first-order valence-corrected chi connectivity index (χ1v) is 7.89. The largest absolute Gasteiger partial charge is 0.304 e. The van der Waals surface area contributed by atoms with Crippen LogP contribution in [0.15, 0.2) is 64.5 Å². The van der Waals surface area contributed by atoms with Crippen LogP contribution in [0.3, 0.4) is 0 Å². The molecule has 1 amide bonds. The summed E-state index contributed by atoms with van der Waals surface area (Å²) < 4.78 is 0. The number of rotatable bonds is 3. The molecule has 1 unspecified atom stereocenters. The van der Waals surface area contributed by atoms with Crippen molar-refractivity contribution in [1.82, 2.24) is 0 Å². The second-order valence-corrected chi connectivity index (χ2v) is 6.38. The molecule has 118 valence electrons. The van der Waals surface area contributed by atoms with Gasteiger partial charge in [-0.05, 0) is 40.4 Å². The fraction of sp³-hybridized carbons (Fsp3) is 0.316. The summed E-state index contributed by atoms with van der Waals surface area (Å²) >= 11 is 0. The van der Waals surface area contributed by atoms with E-state index in [0.29, 0.717) is 23.7 Å². The zero-order valence-electron chi connectivity index (χ0n) is 13.6. The number of amides is 1. The van der Waals surface area contributed by atoms with E-state index in [0.717, 1.165) is 11.3 Å². The van der Waals surface area contributed by atoms with Gasteiger partial charge in [-0.3, -0.25) is 4.79 Å². The number of nitrogens with zero attached hydrogens (tertiary/aromatic N) is 2. The standard InChI is InChI=1S/C19H20N2O2/c1-12(2)14-4-7-16(8-5-14)21-11-15-6-9-18(20-23)13(3)10-17(15)19(21)22/h4-10,12-13H,11H2,1-3H3. The molecular weight excluding hydrogens is 288 g/mol. The summed E-state index contributed by atoms with van der Waals surface area (Å²) in [6, 6.07) is 8.14. The van der Waals surface area contributed by atoms with Gasteiger partial charge >= 0.3 is 0 Å². The van der Waals surface area contributed by atoms with Crippen LogP contribution >= 0.6 is 0 Å². The molecule has 1 aromatic rings. The van der Waals surface area contributed by atoms with Crippen LogP contribution in [0, 0.1) is 10.8 Å². The maximum atomic E-state index is 12.7. The highest BCUT2D eigenvalue weighted by atomic mass is 16.3. The molecule has 0 aromatic heterocycles. The maximum absolute atomic E-state index is 12.7. The molecule has 23 heavy (non-hydrogen) atoms. The van der Waals surface area contributed by atoms with Crippen molar-refractivity contribution in [1.29, 1.82) is 0 Å². The van der Waals surface area contributed by atoms with E-state index in [1.165, 1.54) is 5.56 Å². The van der Waals surface area contributed by atoms with Gasteiger partial charge in [-0.25, -0.2) is 0 Å². The molecule has 1 heterocycles. The number of allylic oxidation sites excluding steroid dienone is 3. The molecule has 3 rings (SSSR count). The lowest BCUT2D eigenvalue weighted by atomic mass is 10.0.